The van der Waals surface area contributed by atoms with Crippen LogP contribution in [-0.4, -0.2) is 16.2 Å². The quantitative estimate of drug-likeness (QED) is 0.711. The lowest BCUT2D eigenvalue weighted by atomic mass is 10.1. The molecule has 0 amide bonds. The molecule has 0 bridgehead atoms. The van der Waals surface area contributed by atoms with E-state index in [1.54, 1.807) is 0 Å². The molecule has 1 aromatic carbocycles. The number of hydrogen-bond donors (Lipinski definition) is 2. The van der Waals surface area contributed by atoms with Crippen molar-refractivity contribution < 1.29 is 19.4 Å². The Morgan fingerprint density at radius 2 is 2.14 bits per heavy atom. The van der Waals surface area contributed by atoms with Gasteiger partial charge in [-0.15, -0.1) is 0 Å². The molecule has 0 heterocycles. The van der Waals surface area contributed by atoms with Crippen molar-refractivity contribution >= 4 is 12.0 Å². The summed E-state index contributed by atoms with van der Waals surface area (Å²) in [5.74, 6) is -1.77. The maximum Gasteiger partial charge on any atom is 0.331 e. The van der Waals surface area contributed by atoms with Gasteiger partial charge in [0.05, 0.1) is 0 Å². The van der Waals surface area contributed by atoms with E-state index in [2.05, 4.69) is 0 Å². The van der Waals surface area contributed by atoms with Crippen molar-refractivity contribution in [1.82, 2.24) is 0 Å². The first-order valence-electron chi connectivity index (χ1n) is 3.91. The number of benzene rings is 1. The maximum atomic E-state index is 12.7. The van der Waals surface area contributed by atoms with Crippen LogP contribution in [0.5, 0.6) is 5.75 Å². The highest BCUT2D eigenvalue weighted by atomic mass is 19.1. The van der Waals surface area contributed by atoms with Crippen LogP contribution in [-0.2, 0) is 4.79 Å². The third-order valence-corrected chi connectivity index (χ3v) is 1.70. The van der Waals surface area contributed by atoms with E-state index in [0.717, 1.165) is 12.1 Å². The van der Waals surface area contributed by atoms with Crippen molar-refractivity contribution in [2.24, 2.45) is 0 Å². The number of phenols is 1. The van der Waals surface area contributed by atoms with E-state index in [1.807, 2.05) is 0 Å². The number of phenolic OH excluding ortho intramolecular Hbond substituents is 1. The Bertz CT molecular complexity index is 396. The maximum absolute atomic E-state index is 12.7. The predicted molar refractivity (Wildman–Crippen MR) is 49.4 cm³/mol. The van der Waals surface area contributed by atoms with Crippen molar-refractivity contribution in [2.45, 2.75) is 6.92 Å². The first-order valence-corrected chi connectivity index (χ1v) is 3.91. The van der Waals surface area contributed by atoms with Gasteiger partial charge < -0.3 is 10.2 Å². The molecule has 0 aliphatic heterocycles. The SMILES string of the molecule is C/C(=C\c1cc(F)ccc1O)C(=O)O. The third kappa shape index (κ3) is 2.32. The molecule has 0 unspecified atom stereocenters. The van der Waals surface area contributed by atoms with Gasteiger partial charge in [-0.25, -0.2) is 9.18 Å². The Hall–Kier alpha value is -1.84. The molecule has 4 heteroatoms. The minimum atomic E-state index is -1.10. The van der Waals surface area contributed by atoms with Gasteiger partial charge in [-0.3, -0.25) is 0 Å². The van der Waals surface area contributed by atoms with Crippen LogP contribution in [0.1, 0.15) is 12.5 Å². The highest BCUT2D eigenvalue weighted by molar-refractivity contribution is 5.91. The van der Waals surface area contributed by atoms with Crippen molar-refractivity contribution in [3.05, 3.63) is 35.2 Å². The molecule has 14 heavy (non-hydrogen) atoms. The Morgan fingerprint density at radius 1 is 1.50 bits per heavy atom. The summed E-state index contributed by atoms with van der Waals surface area (Å²) in [5, 5.41) is 17.8. The number of carboxylic acid groups (broad SMARTS) is 1. The van der Waals surface area contributed by atoms with Crippen LogP contribution in [0, 0.1) is 5.82 Å². The van der Waals surface area contributed by atoms with Crippen LogP contribution in [0.25, 0.3) is 6.08 Å². The second-order valence-corrected chi connectivity index (χ2v) is 2.84. The molecule has 0 radical (unpaired) electrons. The lowest BCUT2D eigenvalue weighted by Gasteiger charge is -1.99. The van der Waals surface area contributed by atoms with E-state index in [4.69, 9.17) is 5.11 Å². The van der Waals surface area contributed by atoms with Gasteiger partial charge in [0.1, 0.15) is 11.6 Å². The summed E-state index contributed by atoms with van der Waals surface area (Å²) < 4.78 is 12.7. The third-order valence-electron chi connectivity index (χ3n) is 1.70. The molecule has 1 rings (SSSR count). The van der Waals surface area contributed by atoms with E-state index in [0.29, 0.717) is 0 Å². The van der Waals surface area contributed by atoms with Crippen molar-refractivity contribution in [1.29, 1.82) is 0 Å². The van der Waals surface area contributed by atoms with Crippen LogP contribution in [0.15, 0.2) is 23.8 Å². The molecule has 0 spiro atoms. The van der Waals surface area contributed by atoms with Crippen LogP contribution < -0.4 is 0 Å². The van der Waals surface area contributed by atoms with Gasteiger partial charge in [-0.05, 0) is 31.2 Å². The molecule has 0 aromatic heterocycles. The highest BCUT2D eigenvalue weighted by Crippen LogP contribution is 2.20. The Morgan fingerprint density at radius 3 is 2.71 bits per heavy atom. The molecule has 2 N–H and O–H groups in total. The Labute approximate surface area is 80.1 Å². The molecular formula is C10H9FO3. The summed E-state index contributed by atoms with van der Waals surface area (Å²) in [4.78, 5) is 10.5. The monoisotopic (exact) mass is 196 g/mol. The Kier molecular flexibility index (Phi) is 2.86. The summed E-state index contributed by atoms with van der Waals surface area (Å²) in [6.45, 7) is 1.37. The first-order chi connectivity index (χ1) is 6.50. The summed E-state index contributed by atoms with van der Waals surface area (Å²) in [6.07, 6.45) is 1.21. The fourth-order valence-corrected chi connectivity index (χ4v) is 0.936. The fourth-order valence-electron chi connectivity index (χ4n) is 0.936. The molecule has 0 aliphatic rings. The molecule has 0 fully saturated rings. The van der Waals surface area contributed by atoms with Crippen molar-refractivity contribution in [2.75, 3.05) is 0 Å². The van der Waals surface area contributed by atoms with Gasteiger partial charge >= 0.3 is 5.97 Å². The van der Waals surface area contributed by atoms with Gasteiger partial charge in [0.25, 0.3) is 0 Å². The zero-order valence-electron chi connectivity index (χ0n) is 7.49. The second kappa shape index (κ2) is 3.91. The zero-order valence-corrected chi connectivity index (χ0v) is 7.49. The molecule has 0 atom stereocenters. The van der Waals surface area contributed by atoms with E-state index < -0.39 is 11.8 Å². The van der Waals surface area contributed by atoms with E-state index >= 15 is 0 Å². The van der Waals surface area contributed by atoms with Gasteiger partial charge in [0, 0.05) is 11.1 Å². The standard InChI is InChI=1S/C10H9FO3/c1-6(10(13)14)4-7-5-8(11)2-3-9(7)12/h2-5,12H,1H3,(H,13,14)/b6-4+. The highest BCUT2D eigenvalue weighted by Gasteiger charge is 2.04. The van der Waals surface area contributed by atoms with Gasteiger partial charge in [-0.2, -0.15) is 0 Å². The molecule has 1 aromatic rings. The summed E-state index contributed by atoms with van der Waals surface area (Å²) in [6, 6.07) is 3.35. The van der Waals surface area contributed by atoms with Crippen LogP contribution in [0.4, 0.5) is 4.39 Å². The van der Waals surface area contributed by atoms with Gasteiger partial charge in [-0.1, -0.05) is 0 Å². The smallest absolute Gasteiger partial charge is 0.331 e. The number of carbonyl (C=O) groups is 1. The topological polar surface area (TPSA) is 57.5 Å². The number of rotatable bonds is 2. The molecule has 3 nitrogen and oxygen atoms in total. The minimum absolute atomic E-state index is 0.0332. The van der Waals surface area contributed by atoms with E-state index in [-0.39, 0.29) is 16.9 Å². The number of aliphatic carboxylic acids is 1. The second-order valence-electron chi connectivity index (χ2n) is 2.84. The first kappa shape index (κ1) is 10.2. The van der Waals surface area contributed by atoms with Crippen molar-refractivity contribution in [3.8, 4) is 5.75 Å². The summed E-state index contributed by atoms with van der Waals surface area (Å²) >= 11 is 0. The van der Waals surface area contributed by atoms with Crippen LogP contribution >= 0.6 is 0 Å². The average molecular weight is 196 g/mol. The predicted octanol–water partition coefficient (Wildman–Crippen LogP) is 2.02. The van der Waals surface area contributed by atoms with E-state index in [9.17, 15) is 14.3 Å². The number of carboxylic acids is 1. The molecule has 0 saturated heterocycles. The van der Waals surface area contributed by atoms with Gasteiger partial charge in [0.15, 0.2) is 0 Å². The van der Waals surface area contributed by atoms with E-state index in [1.165, 1.54) is 19.1 Å². The van der Waals surface area contributed by atoms with Crippen molar-refractivity contribution in [3.63, 3.8) is 0 Å². The number of halogens is 1. The molecule has 0 aliphatic carbocycles. The largest absolute Gasteiger partial charge is 0.507 e. The molecule has 0 saturated carbocycles. The lowest BCUT2D eigenvalue weighted by Crippen LogP contribution is -1.95. The molecular weight excluding hydrogens is 187 g/mol. The molecule has 74 valence electrons. The van der Waals surface area contributed by atoms with Gasteiger partial charge in [0.2, 0.25) is 0 Å². The lowest BCUT2D eigenvalue weighted by molar-refractivity contribution is -0.132. The average Bonchev–Trinajstić information content (AvgIpc) is 2.11. The fraction of sp³-hybridized carbons (Fsp3) is 0.100. The number of hydrogen-bond acceptors (Lipinski definition) is 2. The van der Waals surface area contributed by atoms with Crippen LogP contribution in [0.2, 0.25) is 0 Å². The zero-order chi connectivity index (χ0) is 10.7. The number of aromatic hydroxyl groups is 1. The minimum Gasteiger partial charge on any atom is -0.507 e. The Balaban J connectivity index is 3.13. The summed E-state index contributed by atoms with van der Waals surface area (Å²) in [5.41, 5.74) is 0.191. The normalized spacial score (nSPS) is 11.4. The van der Waals surface area contributed by atoms with Crippen LogP contribution in [0.3, 0.4) is 0 Å². The summed E-state index contributed by atoms with van der Waals surface area (Å²) in [7, 11) is 0.